The molecule has 0 fully saturated rings. The van der Waals surface area contributed by atoms with Crippen LogP contribution in [0, 0.1) is 0 Å². The number of carbonyl (C=O) groups excluding carboxylic acids is 1. The van der Waals surface area contributed by atoms with E-state index < -0.39 is 0 Å². The average Bonchev–Trinajstić information content (AvgIpc) is 2.49. The van der Waals surface area contributed by atoms with Gasteiger partial charge in [-0.1, -0.05) is 37.3 Å². The summed E-state index contributed by atoms with van der Waals surface area (Å²) in [6, 6.07) is 11.2. The number of hydrogen-bond acceptors (Lipinski definition) is 3. The van der Waals surface area contributed by atoms with Crippen LogP contribution in [0.3, 0.4) is 0 Å². The quantitative estimate of drug-likeness (QED) is 0.634. The molecule has 0 saturated heterocycles. The van der Waals surface area contributed by atoms with Crippen LogP contribution in [-0.2, 0) is 17.8 Å². The third-order valence-corrected chi connectivity index (χ3v) is 3.04. The van der Waals surface area contributed by atoms with Crippen LogP contribution < -0.4 is 10.9 Å². The molecule has 2 rings (SSSR count). The fourth-order valence-electron chi connectivity index (χ4n) is 2.05. The molecular weight excluding hydrogens is 254 g/mol. The Bertz CT molecular complexity index is 635. The van der Waals surface area contributed by atoms with Crippen molar-refractivity contribution in [3.8, 4) is 11.3 Å². The molecule has 5 nitrogen and oxygen atoms in total. The number of aryl methyl sites for hydroxylation is 1. The average molecular weight is 271 g/mol. The van der Waals surface area contributed by atoms with Gasteiger partial charge in [-0.15, -0.1) is 0 Å². The van der Waals surface area contributed by atoms with Gasteiger partial charge in [-0.3, -0.25) is 14.2 Å². The second-order valence-electron chi connectivity index (χ2n) is 4.34. The standard InChI is InChI=1S/C15H17N3O2/c1-2-14-17-13(12-6-4-3-5-7-12)10-15(20)18(14)9-8-16-11-19/h3-7,10-11H,2,8-9H2,1H3,(H,16,19). The van der Waals surface area contributed by atoms with Gasteiger partial charge in [0.2, 0.25) is 6.41 Å². The Hall–Kier alpha value is -2.43. The molecule has 1 heterocycles. The molecule has 0 aliphatic carbocycles. The van der Waals surface area contributed by atoms with Gasteiger partial charge in [0, 0.05) is 31.1 Å². The van der Waals surface area contributed by atoms with Gasteiger partial charge in [-0.25, -0.2) is 4.98 Å². The van der Waals surface area contributed by atoms with E-state index >= 15 is 0 Å². The second-order valence-corrected chi connectivity index (χ2v) is 4.34. The molecule has 0 radical (unpaired) electrons. The van der Waals surface area contributed by atoms with E-state index in [1.807, 2.05) is 37.3 Å². The molecule has 0 spiro atoms. The van der Waals surface area contributed by atoms with E-state index in [-0.39, 0.29) is 5.56 Å². The van der Waals surface area contributed by atoms with E-state index in [0.717, 1.165) is 11.4 Å². The zero-order valence-electron chi connectivity index (χ0n) is 11.4. The van der Waals surface area contributed by atoms with E-state index in [1.54, 1.807) is 4.57 Å². The van der Waals surface area contributed by atoms with Crippen molar-refractivity contribution in [2.24, 2.45) is 0 Å². The van der Waals surface area contributed by atoms with Crippen molar-refractivity contribution in [3.63, 3.8) is 0 Å². The lowest BCUT2D eigenvalue weighted by atomic mass is 10.1. The molecule has 0 saturated carbocycles. The van der Waals surface area contributed by atoms with Gasteiger partial charge in [-0.05, 0) is 0 Å². The maximum atomic E-state index is 12.2. The van der Waals surface area contributed by atoms with Crippen LogP contribution in [-0.4, -0.2) is 22.5 Å². The van der Waals surface area contributed by atoms with Crippen LogP contribution in [0.4, 0.5) is 0 Å². The van der Waals surface area contributed by atoms with Crippen molar-refractivity contribution >= 4 is 6.41 Å². The van der Waals surface area contributed by atoms with Crippen LogP contribution >= 0.6 is 0 Å². The predicted molar refractivity (Wildman–Crippen MR) is 77.4 cm³/mol. The highest BCUT2D eigenvalue weighted by molar-refractivity contribution is 5.58. The molecule has 0 unspecified atom stereocenters. The summed E-state index contributed by atoms with van der Waals surface area (Å²) < 4.78 is 1.60. The molecule has 0 aliphatic rings. The minimum atomic E-state index is -0.0941. The van der Waals surface area contributed by atoms with Crippen LogP contribution in [0.5, 0.6) is 0 Å². The monoisotopic (exact) mass is 271 g/mol. The van der Waals surface area contributed by atoms with Gasteiger partial charge in [0.15, 0.2) is 0 Å². The van der Waals surface area contributed by atoms with Crippen LogP contribution in [0.25, 0.3) is 11.3 Å². The van der Waals surface area contributed by atoms with E-state index in [4.69, 9.17) is 0 Å². The van der Waals surface area contributed by atoms with E-state index in [0.29, 0.717) is 31.6 Å². The van der Waals surface area contributed by atoms with E-state index in [1.165, 1.54) is 6.07 Å². The van der Waals surface area contributed by atoms with Crippen LogP contribution in [0.2, 0.25) is 0 Å². The third-order valence-electron chi connectivity index (χ3n) is 3.04. The van der Waals surface area contributed by atoms with E-state index in [9.17, 15) is 9.59 Å². The lowest BCUT2D eigenvalue weighted by Crippen LogP contribution is -2.29. The molecule has 1 aromatic heterocycles. The normalized spacial score (nSPS) is 10.2. The molecule has 20 heavy (non-hydrogen) atoms. The first-order chi connectivity index (χ1) is 9.76. The first kappa shape index (κ1) is 14.0. The van der Waals surface area contributed by atoms with Crippen molar-refractivity contribution in [2.45, 2.75) is 19.9 Å². The maximum Gasteiger partial charge on any atom is 0.254 e. The number of carbonyl (C=O) groups is 1. The second kappa shape index (κ2) is 6.65. The predicted octanol–water partition coefficient (Wildman–Crippen LogP) is 1.22. The molecular formula is C15H17N3O2. The molecule has 5 heteroatoms. The van der Waals surface area contributed by atoms with Crippen molar-refractivity contribution in [3.05, 3.63) is 52.6 Å². The summed E-state index contributed by atoms with van der Waals surface area (Å²) in [7, 11) is 0. The minimum absolute atomic E-state index is 0.0941. The summed E-state index contributed by atoms with van der Waals surface area (Å²) in [6.45, 7) is 2.81. The maximum absolute atomic E-state index is 12.2. The molecule has 1 aromatic carbocycles. The minimum Gasteiger partial charge on any atom is -0.357 e. The highest BCUT2D eigenvalue weighted by Crippen LogP contribution is 2.15. The number of benzene rings is 1. The van der Waals surface area contributed by atoms with E-state index in [2.05, 4.69) is 10.3 Å². The first-order valence-corrected chi connectivity index (χ1v) is 6.59. The SMILES string of the molecule is CCc1nc(-c2ccccc2)cc(=O)n1CCNC=O. The van der Waals surface area contributed by atoms with Crippen molar-refractivity contribution in [1.82, 2.24) is 14.9 Å². The first-order valence-electron chi connectivity index (χ1n) is 6.59. The Morgan fingerprint density at radius 1 is 1.30 bits per heavy atom. The van der Waals surface area contributed by atoms with Gasteiger partial charge >= 0.3 is 0 Å². The third kappa shape index (κ3) is 3.12. The van der Waals surface area contributed by atoms with Crippen molar-refractivity contribution in [1.29, 1.82) is 0 Å². The number of rotatable bonds is 6. The van der Waals surface area contributed by atoms with Crippen molar-refractivity contribution < 1.29 is 4.79 Å². The highest BCUT2D eigenvalue weighted by atomic mass is 16.1. The summed E-state index contributed by atoms with van der Waals surface area (Å²) >= 11 is 0. The molecule has 0 bridgehead atoms. The topological polar surface area (TPSA) is 64.0 Å². The number of aromatic nitrogens is 2. The number of nitrogens with zero attached hydrogens (tertiary/aromatic N) is 2. The molecule has 1 N–H and O–H groups in total. The Kier molecular flexibility index (Phi) is 4.65. The zero-order valence-corrected chi connectivity index (χ0v) is 11.4. The number of hydrogen-bond donors (Lipinski definition) is 1. The fourth-order valence-corrected chi connectivity index (χ4v) is 2.05. The largest absolute Gasteiger partial charge is 0.357 e. The number of amides is 1. The summed E-state index contributed by atoms with van der Waals surface area (Å²) in [5.41, 5.74) is 1.52. The molecule has 0 atom stereocenters. The van der Waals surface area contributed by atoms with Gasteiger partial charge < -0.3 is 5.32 Å². The fraction of sp³-hybridized carbons (Fsp3) is 0.267. The zero-order chi connectivity index (χ0) is 14.4. The van der Waals surface area contributed by atoms with Gasteiger partial charge in [0.25, 0.3) is 5.56 Å². The Morgan fingerprint density at radius 3 is 2.70 bits per heavy atom. The van der Waals surface area contributed by atoms with Gasteiger partial charge in [0.1, 0.15) is 5.82 Å². The Morgan fingerprint density at radius 2 is 2.05 bits per heavy atom. The van der Waals surface area contributed by atoms with Crippen LogP contribution in [0.15, 0.2) is 41.2 Å². The molecule has 104 valence electrons. The summed E-state index contributed by atoms with van der Waals surface area (Å²) in [5.74, 6) is 0.726. The van der Waals surface area contributed by atoms with Crippen LogP contribution in [0.1, 0.15) is 12.7 Å². The lowest BCUT2D eigenvalue weighted by Gasteiger charge is -2.12. The highest BCUT2D eigenvalue weighted by Gasteiger charge is 2.08. The van der Waals surface area contributed by atoms with Gasteiger partial charge in [0.05, 0.1) is 5.69 Å². The molecule has 1 amide bonds. The molecule has 0 aliphatic heterocycles. The summed E-state index contributed by atoms with van der Waals surface area (Å²) in [5, 5.41) is 2.55. The number of nitrogens with one attached hydrogen (secondary N) is 1. The van der Waals surface area contributed by atoms with Gasteiger partial charge in [-0.2, -0.15) is 0 Å². The summed E-state index contributed by atoms with van der Waals surface area (Å²) in [4.78, 5) is 27.0. The smallest absolute Gasteiger partial charge is 0.254 e. The Labute approximate surface area is 117 Å². The Balaban J connectivity index is 2.37. The summed E-state index contributed by atoms with van der Waals surface area (Å²) in [6.07, 6.45) is 1.29. The van der Waals surface area contributed by atoms with Crippen molar-refractivity contribution in [2.75, 3.05) is 6.54 Å². The lowest BCUT2D eigenvalue weighted by molar-refractivity contribution is -0.109. The molecule has 2 aromatic rings.